The monoisotopic (exact) mass is 358 g/mol. The van der Waals surface area contributed by atoms with Crippen molar-refractivity contribution in [2.45, 2.75) is 58.2 Å². The van der Waals surface area contributed by atoms with Gasteiger partial charge in [-0.05, 0) is 49.2 Å². The number of rotatable bonds is 5. The van der Waals surface area contributed by atoms with Gasteiger partial charge in [0.1, 0.15) is 11.2 Å². The average molecular weight is 359 g/mol. The molecule has 0 saturated heterocycles. The first-order valence-corrected chi connectivity index (χ1v) is 11.0. The van der Waals surface area contributed by atoms with Crippen LogP contribution in [0.25, 0.3) is 0 Å². The zero-order valence-electron chi connectivity index (χ0n) is 16.0. The molecule has 0 radical (unpaired) electrons. The number of hydrogen-bond acceptors (Lipinski definition) is 4. The standard InChI is InChI=1S/C19H26N2O3Si/c1-13-10-14(19(5,17(22)23)15(11-20)12-21)8-9-16(13)24-25(6,7)18(2,3)4/h8-10,15H,1-7H3,(H,22,23). The van der Waals surface area contributed by atoms with E-state index in [4.69, 9.17) is 4.43 Å². The minimum absolute atomic E-state index is 0.0421. The highest BCUT2D eigenvalue weighted by molar-refractivity contribution is 6.74. The molecule has 1 aromatic rings. The summed E-state index contributed by atoms with van der Waals surface area (Å²) < 4.78 is 6.30. The average Bonchev–Trinajstić information content (AvgIpc) is 2.48. The third-order valence-corrected chi connectivity index (χ3v) is 9.57. The van der Waals surface area contributed by atoms with Crippen LogP contribution in [0.5, 0.6) is 5.75 Å². The molecule has 0 amide bonds. The molecule has 0 aliphatic carbocycles. The third-order valence-electron chi connectivity index (χ3n) is 5.23. The lowest BCUT2D eigenvalue weighted by Gasteiger charge is -2.37. The summed E-state index contributed by atoms with van der Waals surface area (Å²) in [5.41, 5.74) is -0.373. The van der Waals surface area contributed by atoms with Gasteiger partial charge in [-0.25, -0.2) is 0 Å². The highest BCUT2D eigenvalue weighted by Gasteiger charge is 2.44. The van der Waals surface area contributed by atoms with Gasteiger partial charge in [-0.3, -0.25) is 4.79 Å². The van der Waals surface area contributed by atoms with Gasteiger partial charge in [0, 0.05) is 0 Å². The van der Waals surface area contributed by atoms with Crippen LogP contribution >= 0.6 is 0 Å². The second-order valence-corrected chi connectivity index (χ2v) is 12.8. The van der Waals surface area contributed by atoms with Gasteiger partial charge in [-0.1, -0.05) is 32.9 Å². The van der Waals surface area contributed by atoms with E-state index < -0.39 is 25.6 Å². The number of nitriles is 2. The van der Waals surface area contributed by atoms with Crippen LogP contribution in [0.1, 0.15) is 38.8 Å². The van der Waals surface area contributed by atoms with Crippen molar-refractivity contribution in [1.82, 2.24) is 0 Å². The number of carboxylic acid groups (broad SMARTS) is 1. The minimum atomic E-state index is -2.02. The minimum Gasteiger partial charge on any atom is -0.543 e. The van der Waals surface area contributed by atoms with Crippen LogP contribution in [-0.4, -0.2) is 19.4 Å². The number of carbonyl (C=O) groups is 1. The molecule has 1 unspecified atom stereocenters. The zero-order chi connectivity index (χ0) is 19.6. The smallest absolute Gasteiger partial charge is 0.316 e. The van der Waals surface area contributed by atoms with Gasteiger partial charge < -0.3 is 9.53 Å². The Labute approximate surface area is 151 Å². The molecular weight excluding hydrogens is 332 g/mol. The van der Waals surface area contributed by atoms with Crippen LogP contribution in [0.4, 0.5) is 0 Å². The van der Waals surface area contributed by atoms with E-state index in [1.54, 1.807) is 30.3 Å². The van der Waals surface area contributed by atoms with Gasteiger partial charge >= 0.3 is 5.97 Å². The fraction of sp³-hybridized carbons (Fsp3) is 0.526. The molecule has 1 rings (SSSR count). The van der Waals surface area contributed by atoms with E-state index in [9.17, 15) is 20.4 Å². The first-order valence-electron chi connectivity index (χ1n) is 8.14. The van der Waals surface area contributed by atoms with Crippen molar-refractivity contribution < 1.29 is 14.3 Å². The Balaban J connectivity index is 3.37. The van der Waals surface area contributed by atoms with Crippen LogP contribution < -0.4 is 4.43 Å². The van der Waals surface area contributed by atoms with Gasteiger partial charge in [-0.15, -0.1) is 0 Å². The Morgan fingerprint density at radius 2 is 1.72 bits per heavy atom. The van der Waals surface area contributed by atoms with Crippen LogP contribution in [0.15, 0.2) is 18.2 Å². The maximum Gasteiger partial charge on any atom is 0.316 e. The summed E-state index contributed by atoms with van der Waals surface area (Å²) in [7, 11) is -2.02. The highest BCUT2D eigenvalue weighted by atomic mass is 28.4. The summed E-state index contributed by atoms with van der Waals surface area (Å²) in [4.78, 5) is 11.8. The molecule has 134 valence electrons. The molecule has 0 aromatic heterocycles. The lowest BCUT2D eigenvalue weighted by atomic mass is 9.72. The van der Waals surface area contributed by atoms with E-state index in [1.807, 2.05) is 6.92 Å². The summed E-state index contributed by atoms with van der Waals surface area (Å²) in [5, 5.41) is 28.1. The first kappa shape index (κ1) is 20.7. The van der Waals surface area contributed by atoms with Crippen molar-refractivity contribution in [2.75, 3.05) is 0 Å². The Bertz CT molecular complexity index is 739. The van der Waals surface area contributed by atoms with Crippen LogP contribution in [0, 0.1) is 35.5 Å². The Kier molecular flexibility index (Phi) is 5.72. The number of carboxylic acids is 1. The summed E-state index contributed by atoms with van der Waals surface area (Å²) in [5.74, 6) is -1.76. The van der Waals surface area contributed by atoms with E-state index in [0.717, 1.165) is 5.56 Å². The molecule has 0 saturated carbocycles. The van der Waals surface area contributed by atoms with Crippen molar-refractivity contribution in [3.05, 3.63) is 29.3 Å². The summed E-state index contributed by atoms with van der Waals surface area (Å²) >= 11 is 0. The number of benzene rings is 1. The number of aliphatic carboxylic acids is 1. The predicted octanol–water partition coefficient (Wildman–Crippen LogP) is 4.38. The van der Waals surface area contributed by atoms with Crippen molar-refractivity contribution in [3.63, 3.8) is 0 Å². The normalized spacial score (nSPS) is 14.3. The van der Waals surface area contributed by atoms with Gasteiger partial charge in [0.15, 0.2) is 5.92 Å². The van der Waals surface area contributed by atoms with Gasteiger partial charge in [0.25, 0.3) is 0 Å². The van der Waals surface area contributed by atoms with Crippen LogP contribution in [-0.2, 0) is 10.2 Å². The Morgan fingerprint density at radius 1 is 1.20 bits per heavy atom. The van der Waals surface area contributed by atoms with Crippen molar-refractivity contribution in [3.8, 4) is 17.9 Å². The van der Waals surface area contributed by atoms with E-state index >= 15 is 0 Å². The molecule has 5 nitrogen and oxygen atoms in total. The molecule has 6 heteroatoms. The summed E-state index contributed by atoms with van der Waals surface area (Å²) in [6.07, 6.45) is 0. The van der Waals surface area contributed by atoms with Gasteiger partial charge in [0.2, 0.25) is 8.32 Å². The zero-order valence-corrected chi connectivity index (χ0v) is 17.0. The van der Waals surface area contributed by atoms with Crippen molar-refractivity contribution in [1.29, 1.82) is 10.5 Å². The molecule has 1 aromatic carbocycles. The SMILES string of the molecule is Cc1cc(C(C)(C(=O)O)C(C#N)C#N)ccc1O[Si](C)(C)C(C)(C)C. The van der Waals surface area contributed by atoms with Gasteiger partial charge in [-0.2, -0.15) is 10.5 Å². The Hall–Kier alpha value is -2.31. The van der Waals surface area contributed by atoms with E-state index in [1.165, 1.54) is 6.92 Å². The topological polar surface area (TPSA) is 94.1 Å². The van der Waals surface area contributed by atoms with E-state index in [0.29, 0.717) is 11.3 Å². The number of hydrogen-bond donors (Lipinski definition) is 1. The largest absolute Gasteiger partial charge is 0.543 e. The molecule has 0 fully saturated rings. The predicted molar refractivity (Wildman–Crippen MR) is 98.7 cm³/mol. The summed E-state index contributed by atoms with van der Waals surface area (Å²) in [6.45, 7) is 14.0. The number of nitrogens with zero attached hydrogens (tertiary/aromatic N) is 2. The second kappa shape index (κ2) is 6.90. The molecular formula is C19H26N2O3Si. The molecule has 25 heavy (non-hydrogen) atoms. The molecule has 0 aliphatic heterocycles. The molecule has 1 atom stereocenters. The van der Waals surface area contributed by atoms with E-state index in [2.05, 4.69) is 33.9 Å². The third kappa shape index (κ3) is 3.86. The lowest BCUT2D eigenvalue weighted by molar-refractivity contribution is -0.144. The van der Waals surface area contributed by atoms with Crippen LogP contribution in [0.3, 0.4) is 0 Å². The molecule has 1 N–H and O–H groups in total. The lowest BCUT2D eigenvalue weighted by Crippen LogP contribution is -2.44. The maximum atomic E-state index is 11.8. The fourth-order valence-electron chi connectivity index (χ4n) is 2.22. The fourth-order valence-corrected chi connectivity index (χ4v) is 3.30. The first-order chi connectivity index (χ1) is 11.3. The quantitative estimate of drug-likeness (QED) is 0.788. The van der Waals surface area contributed by atoms with E-state index in [-0.39, 0.29) is 5.04 Å². The second-order valence-electron chi connectivity index (χ2n) is 8.04. The highest BCUT2D eigenvalue weighted by Crippen LogP contribution is 2.39. The molecule has 0 spiro atoms. The number of aryl methyl sites for hydroxylation is 1. The molecule has 0 bridgehead atoms. The summed E-state index contributed by atoms with van der Waals surface area (Å²) in [6, 6.07) is 8.69. The van der Waals surface area contributed by atoms with Crippen LogP contribution in [0.2, 0.25) is 18.1 Å². The Morgan fingerprint density at radius 3 is 2.08 bits per heavy atom. The van der Waals surface area contributed by atoms with Crippen molar-refractivity contribution >= 4 is 14.3 Å². The molecule has 0 aliphatic rings. The maximum absolute atomic E-state index is 11.8. The molecule has 0 heterocycles. The van der Waals surface area contributed by atoms with Gasteiger partial charge in [0.05, 0.1) is 12.1 Å². The van der Waals surface area contributed by atoms with Crippen molar-refractivity contribution in [2.24, 2.45) is 5.92 Å².